The fourth-order valence-electron chi connectivity index (χ4n) is 2.95. The third kappa shape index (κ3) is 3.75. The minimum Gasteiger partial charge on any atom is -0.497 e. The smallest absolute Gasteiger partial charge is 0.163 e. The van der Waals surface area contributed by atoms with Crippen molar-refractivity contribution in [3.05, 3.63) is 96.3 Å². The molecule has 0 bridgehead atoms. The normalized spacial score (nSPS) is 11.8. The van der Waals surface area contributed by atoms with Crippen LogP contribution in [-0.2, 0) is 0 Å². The molecule has 1 heterocycles. The number of benzene rings is 3. The minimum absolute atomic E-state index is 0.597. The van der Waals surface area contributed by atoms with Gasteiger partial charge >= 0.3 is 0 Å². The monoisotopic (exact) mass is 369 g/mol. The molecule has 0 radical (unpaired) electrons. The van der Waals surface area contributed by atoms with E-state index in [4.69, 9.17) is 4.74 Å². The van der Waals surface area contributed by atoms with Crippen LogP contribution in [0.2, 0.25) is 0 Å². The van der Waals surface area contributed by atoms with Crippen molar-refractivity contribution < 1.29 is 9.84 Å². The van der Waals surface area contributed by atoms with Crippen LogP contribution in [0.1, 0.15) is 17.2 Å². The second-order valence-electron chi connectivity index (χ2n) is 6.30. The van der Waals surface area contributed by atoms with Crippen LogP contribution in [0, 0.1) is 0 Å². The zero-order valence-corrected chi connectivity index (χ0v) is 15.4. The van der Waals surface area contributed by atoms with Crippen molar-refractivity contribution in [1.29, 1.82) is 0 Å². The molecule has 0 fully saturated rings. The first kappa shape index (κ1) is 17.8. The molecule has 4 aromatic rings. The Kier molecular flexibility index (Phi) is 5.08. The Hall–Kier alpha value is -3.57. The van der Waals surface area contributed by atoms with Crippen LogP contribution in [0.15, 0.2) is 85.2 Å². The highest BCUT2D eigenvalue weighted by atomic mass is 16.5. The largest absolute Gasteiger partial charge is 0.497 e. The summed E-state index contributed by atoms with van der Waals surface area (Å²) in [5.41, 5.74) is 3.41. The SMILES string of the molecule is COc1ccc(C(O)c2ccc(-c3ncnc(-c4ccccc4)n3)cc2)cc1. The van der Waals surface area contributed by atoms with E-state index in [1.165, 1.54) is 6.33 Å². The lowest BCUT2D eigenvalue weighted by Crippen LogP contribution is -2.00. The zero-order chi connectivity index (χ0) is 19.3. The van der Waals surface area contributed by atoms with Gasteiger partial charge in [0.1, 0.15) is 18.2 Å². The van der Waals surface area contributed by atoms with Gasteiger partial charge in [0.05, 0.1) is 7.11 Å². The summed E-state index contributed by atoms with van der Waals surface area (Å²) in [6.07, 6.45) is 0.809. The molecule has 1 N–H and O–H groups in total. The van der Waals surface area contributed by atoms with Gasteiger partial charge in [-0.1, -0.05) is 66.7 Å². The van der Waals surface area contributed by atoms with Crippen molar-refractivity contribution in [2.24, 2.45) is 0 Å². The molecule has 0 aliphatic rings. The van der Waals surface area contributed by atoms with Gasteiger partial charge in [-0.25, -0.2) is 15.0 Å². The van der Waals surface area contributed by atoms with Crippen molar-refractivity contribution in [3.63, 3.8) is 0 Å². The number of methoxy groups -OCH3 is 1. The molecule has 138 valence electrons. The number of aliphatic hydroxyl groups is 1. The predicted molar refractivity (Wildman–Crippen MR) is 108 cm³/mol. The topological polar surface area (TPSA) is 68.1 Å². The highest BCUT2D eigenvalue weighted by Gasteiger charge is 2.12. The summed E-state index contributed by atoms with van der Waals surface area (Å²) in [7, 11) is 1.62. The van der Waals surface area contributed by atoms with E-state index in [0.717, 1.165) is 28.0 Å². The molecule has 0 saturated heterocycles. The lowest BCUT2D eigenvalue weighted by atomic mass is 10.00. The molecule has 1 unspecified atom stereocenters. The number of aliphatic hydroxyl groups excluding tert-OH is 1. The van der Waals surface area contributed by atoms with Crippen LogP contribution in [-0.4, -0.2) is 27.2 Å². The van der Waals surface area contributed by atoms with Crippen LogP contribution < -0.4 is 4.74 Å². The van der Waals surface area contributed by atoms with Crippen LogP contribution in [0.5, 0.6) is 5.75 Å². The highest BCUT2D eigenvalue weighted by molar-refractivity contribution is 5.60. The Labute approximate surface area is 163 Å². The van der Waals surface area contributed by atoms with E-state index in [9.17, 15) is 5.11 Å². The van der Waals surface area contributed by atoms with Gasteiger partial charge in [-0.2, -0.15) is 0 Å². The molecule has 0 spiro atoms. The van der Waals surface area contributed by atoms with E-state index in [-0.39, 0.29) is 0 Å². The molecular formula is C23H19N3O2. The molecule has 5 heteroatoms. The zero-order valence-electron chi connectivity index (χ0n) is 15.4. The molecule has 3 aromatic carbocycles. The van der Waals surface area contributed by atoms with Gasteiger partial charge < -0.3 is 9.84 Å². The van der Waals surface area contributed by atoms with Gasteiger partial charge in [0.2, 0.25) is 0 Å². The van der Waals surface area contributed by atoms with E-state index in [2.05, 4.69) is 15.0 Å². The van der Waals surface area contributed by atoms with Gasteiger partial charge in [0, 0.05) is 11.1 Å². The second-order valence-corrected chi connectivity index (χ2v) is 6.30. The molecule has 1 aromatic heterocycles. The Morgan fingerprint density at radius 3 is 1.82 bits per heavy atom. The predicted octanol–water partition coefficient (Wildman–Crippen LogP) is 4.30. The molecular weight excluding hydrogens is 350 g/mol. The summed E-state index contributed by atoms with van der Waals surface area (Å²) in [6, 6.07) is 24.8. The lowest BCUT2D eigenvalue weighted by molar-refractivity contribution is 0.220. The molecule has 5 nitrogen and oxygen atoms in total. The quantitative estimate of drug-likeness (QED) is 0.568. The summed E-state index contributed by atoms with van der Waals surface area (Å²) >= 11 is 0. The second kappa shape index (κ2) is 7.98. The maximum atomic E-state index is 10.6. The molecule has 0 amide bonds. The minimum atomic E-state index is -0.710. The van der Waals surface area contributed by atoms with Crippen LogP contribution in [0.4, 0.5) is 0 Å². The summed E-state index contributed by atoms with van der Waals surface area (Å²) in [6.45, 7) is 0. The Balaban J connectivity index is 1.58. The average molecular weight is 369 g/mol. The van der Waals surface area contributed by atoms with Crippen molar-refractivity contribution >= 4 is 0 Å². The lowest BCUT2D eigenvalue weighted by Gasteiger charge is -2.12. The number of rotatable bonds is 5. The van der Waals surface area contributed by atoms with E-state index in [0.29, 0.717) is 11.6 Å². The van der Waals surface area contributed by atoms with E-state index in [1.807, 2.05) is 78.9 Å². The van der Waals surface area contributed by atoms with Crippen LogP contribution >= 0.6 is 0 Å². The molecule has 1 atom stereocenters. The van der Waals surface area contributed by atoms with Gasteiger partial charge in [-0.15, -0.1) is 0 Å². The van der Waals surface area contributed by atoms with Gasteiger partial charge in [-0.3, -0.25) is 0 Å². The number of nitrogens with zero attached hydrogens (tertiary/aromatic N) is 3. The molecule has 0 saturated carbocycles. The number of hydrogen-bond donors (Lipinski definition) is 1. The highest BCUT2D eigenvalue weighted by Crippen LogP contribution is 2.26. The first-order valence-electron chi connectivity index (χ1n) is 8.91. The van der Waals surface area contributed by atoms with E-state index < -0.39 is 6.10 Å². The first-order valence-corrected chi connectivity index (χ1v) is 8.91. The standard InChI is InChI=1S/C23H19N3O2/c1-28-20-13-11-17(12-14-20)21(27)16-7-9-19(10-8-16)23-25-15-24-22(26-23)18-5-3-2-4-6-18/h2-15,21,27H,1H3. The Bertz CT molecular complexity index is 1050. The van der Waals surface area contributed by atoms with E-state index >= 15 is 0 Å². The van der Waals surface area contributed by atoms with Gasteiger partial charge in [-0.05, 0) is 23.3 Å². The maximum Gasteiger partial charge on any atom is 0.163 e. The van der Waals surface area contributed by atoms with Gasteiger partial charge in [0.15, 0.2) is 11.6 Å². The summed E-state index contributed by atoms with van der Waals surface area (Å²) in [5.74, 6) is 1.99. The van der Waals surface area contributed by atoms with E-state index in [1.54, 1.807) is 7.11 Å². The molecule has 4 rings (SSSR count). The third-order valence-corrected chi connectivity index (χ3v) is 4.52. The maximum absolute atomic E-state index is 10.6. The molecule has 0 aliphatic carbocycles. The van der Waals surface area contributed by atoms with Gasteiger partial charge in [0.25, 0.3) is 0 Å². The molecule has 28 heavy (non-hydrogen) atoms. The third-order valence-electron chi connectivity index (χ3n) is 4.52. The van der Waals surface area contributed by atoms with Crippen molar-refractivity contribution in [3.8, 4) is 28.5 Å². The Morgan fingerprint density at radius 1 is 0.714 bits per heavy atom. The average Bonchev–Trinajstić information content (AvgIpc) is 2.79. The van der Waals surface area contributed by atoms with Crippen molar-refractivity contribution in [1.82, 2.24) is 15.0 Å². The summed E-state index contributed by atoms with van der Waals surface area (Å²) < 4.78 is 5.16. The summed E-state index contributed by atoms with van der Waals surface area (Å²) in [4.78, 5) is 13.1. The number of ether oxygens (including phenoxy) is 1. The first-order chi connectivity index (χ1) is 13.7. The fraction of sp³-hybridized carbons (Fsp3) is 0.0870. The fourth-order valence-corrected chi connectivity index (χ4v) is 2.95. The van der Waals surface area contributed by atoms with Crippen molar-refractivity contribution in [2.45, 2.75) is 6.10 Å². The van der Waals surface area contributed by atoms with Crippen molar-refractivity contribution in [2.75, 3.05) is 7.11 Å². The Morgan fingerprint density at radius 2 is 1.25 bits per heavy atom. The number of aromatic nitrogens is 3. The molecule has 0 aliphatic heterocycles. The summed E-state index contributed by atoms with van der Waals surface area (Å²) in [5, 5.41) is 10.6. The van der Waals surface area contributed by atoms with Crippen LogP contribution in [0.3, 0.4) is 0 Å². The number of hydrogen-bond acceptors (Lipinski definition) is 5. The van der Waals surface area contributed by atoms with Crippen LogP contribution in [0.25, 0.3) is 22.8 Å².